The number of carbonyl (C=O) groups excluding carboxylic acids is 1. The van der Waals surface area contributed by atoms with Crippen LogP contribution in [0.5, 0.6) is 0 Å². The van der Waals surface area contributed by atoms with E-state index in [-0.39, 0.29) is 5.97 Å². The molecule has 1 aliphatic rings. The second-order valence-corrected chi connectivity index (χ2v) is 4.69. The van der Waals surface area contributed by atoms with E-state index in [0.717, 1.165) is 0 Å². The van der Waals surface area contributed by atoms with Crippen molar-refractivity contribution in [3.8, 4) is 0 Å². The summed E-state index contributed by atoms with van der Waals surface area (Å²) >= 11 is 0. The predicted molar refractivity (Wildman–Crippen MR) is 69.8 cm³/mol. The first-order valence-corrected chi connectivity index (χ1v) is 6.77. The summed E-state index contributed by atoms with van der Waals surface area (Å²) in [5.74, 6) is -0.199. The number of hydrogen-bond acceptors (Lipinski definition) is 6. The van der Waals surface area contributed by atoms with Crippen LogP contribution in [-0.4, -0.2) is 59.3 Å². The summed E-state index contributed by atoms with van der Waals surface area (Å²) in [6, 6.07) is 0. The Morgan fingerprint density at radius 1 is 1.21 bits per heavy atom. The highest BCUT2D eigenvalue weighted by Crippen LogP contribution is 2.30. The number of carbonyl (C=O) groups is 1. The molecule has 0 radical (unpaired) electrons. The Hall–Kier alpha value is -0.690. The van der Waals surface area contributed by atoms with Gasteiger partial charge in [-0.1, -0.05) is 0 Å². The van der Waals surface area contributed by atoms with Crippen molar-refractivity contribution in [2.75, 3.05) is 53.3 Å². The molecule has 1 aliphatic heterocycles. The lowest BCUT2D eigenvalue weighted by molar-refractivity contribution is -0.161. The van der Waals surface area contributed by atoms with Gasteiger partial charge in [0.05, 0.1) is 25.2 Å². The Balaban J connectivity index is 2.15. The van der Waals surface area contributed by atoms with E-state index in [9.17, 15) is 4.79 Å². The van der Waals surface area contributed by atoms with Crippen LogP contribution in [0.3, 0.4) is 0 Å². The molecule has 6 nitrogen and oxygen atoms in total. The molecule has 1 fully saturated rings. The van der Waals surface area contributed by atoms with Crippen molar-refractivity contribution < 1.29 is 23.7 Å². The summed E-state index contributed by atoms with van der Waals surface area (Å²) in [6.45, 7) is 3.55. The van der Waals surface area contributed by atoms with Gasteiger partial charge in [0.15, 0.2) is 0 Å². The number of esters is 1. The highest BCUT2D eigenvalue weighted by atomic mass is 16.5. The molecule has 0 bridgehead atoms. The minimum absolute atomic E-state index is 0.199. The van der Waals surface area contributed by atoms with Crippen LogP contribution in [0.2, 0.25) is 0 Å². The lowest BCUT2D eigenvalue weighted by Gasteiger charge is -2.33. The molecular formula is C13H25NO5. The second-order valence-electron chi connectivity index (χ2n) is 4.69. The van der Waals surface area contributed by atoms with Gasteiger partial charge >= 0.3 is 5.97 Å². The first-order valence-electron chi connectivity index (χ1n) is 6.77. The minimum atomic E-state index is -0.546. The molecule has 112 valence electrons. The van der Waals surface area contributed by atoms with E-state index in [4.69, 9.17) is 24.7 Å². The van der Waals surface area contributed by atoms with Crippen molar-refractivity contribution >= 4 is 5.97 Å². The maximum absolute atomic E-state index is 12.1. The smallest absolute Gasteiger partial charge is 0.313 e. The van der Waals surface area contributed by atoms with Gasteiger partial charge in [0.25, 0.3) is 0 Å². The largest absolute Gasteiger partial charge is 0.465 e. The topological polar surface area (TPSA) is 80.0 Å². The lowest BCUT2D eigenvalue weighted by Crippen LogP contribution is -2.44. The predicted octanol–water partition coefficient (Wildman–Crippen LogP) is 0.338. The van der Waals surface area contributed by atoms with Crippen molar-refractivity contribution in [1.29, 1.82) is 0 Å². The number of hydrogen-bond donors (Lipinski definition) is 1. The highest BCUT2D eigenvalue weighted by Gasteiger charge is 2.40. The summed E-state index contributed by atoms with van der Waals surface area (Å²) in [4.78, 5) is 12.1. The lowest BCUT2D eigenvalue weighted by atomic mass is 9.80. The molecule has 0 amide bonds. The van der Waals surface area contributed by atoms with Crippen LogP contribution in [0.15, 0.2) is 0 Å². The number of rotatable bonds is 9. The molecule has 6 heteroatoms. The first-order chi connectivity index (χ1) is 9.25. The fraction of sp³-hybridized carbons (Fsp3) is 0.923. The molecule has 0 aromatic carbocycles. The summed E-state index contributed by atoms with van der Waals surface area (Å²) in [5.41, 5.74) is 5.18. The molecule has 0 saturated carbocycles. The van der Waals surface area contributed by atoms with Gasteiger partial charge in [-0.15, -0.1) is 0 Å². The molecule has 0 spiro atoms. The van der Waals surface area contributed by atoms with Crippen LogP contribution in [0.4, 0.5) is 0 Å². The Kier molecular flexibility index (Phi) is 7.97. The fourth-order valence-corrected chi connectivity index (χ4v) is 1.98. The SMILES string of the molecule is COCCOCCCOC(=O)C1(CN)CCOCC1. The molecule has 0 aromatic rings. The van der Waals surface area contributed by atoms with Crippen molar-refractivity contribution in [3.63, 3.8) is 0 Å². The van der Waals surface area contributed by atoms with Crippen LogP contribution in [0.25, 0.3) is 0 Å². The molecule has 1 saturated heterocycles. The third kappa shape index (κ3) is 5.44. The van der Waals surface area contributed by atoms with E-state index in [2.05, 4.69) is 0 Å². The third-order valence-corrected chi connectivity index (χ3v) is 3.37. The molecule has 1 rings (SSSR count). The van der Waals surface area contributed by atoms with Crippen molar-refractivity contribution in [3.05, 3.63) is 0 Å². The molecule has 0 unspecified atom stereocenters. The van der Waals surface area contributed by atoms with Crippen molar-refractivity contribution in [2.45, 2.75) is 19.3 Å². The van der Waals surface area contributed by atoms with Crippen LogP contribution >= 0.6 is 0 Å². The molecule has 19 heavy (non-hydrogen) atoms. The number of ether oxygens (including phenoxy) is 4. The summed E-state index contributed by atoms with van der Waals surface area (Å²) in [5, 5.41) is 0. The standard InChI is InChI=1S/C13H25NO5/c1-16-9-10-17-5-2-6-19-12(15)13(11-14)3-7-18-8-4-13/h2-11,14H2,1H3. The maximum atomic E-state index is 12.1. The van der Waals surface area contributed by atoms with Crippen LogP contribution < -0.4 is 5.73 Å². The summed E-state index contributed by atoms with van der Waals surface area (Å²) < 4.78 is 20.7. The van der Waals surface area contributed by atoms with Crippen LogP contribution in [0, 0.1) is 5.41 Å². The quantitative estimate of drug-likeness (QED) is 0.483. The Labute approximate surface area is 114 Å². The molecule has 0 atom stereocenters. The first kappa shape index (κ1) is 16.4. The van der Waals surface area contributed by atoms with E-state index in [0.29, 0.717) is 65.4 Å². The molecule has 1 heterocycles. The van der Waals surface area contributed by atoms with Gasteiger partial charge < -0.3 is 24.7 Å². The number of nitrogens with two attached hydrogens (primary N) is 1. The minimum Gasteiger partial charge on any atom is -0.465 e. The molecular weight excluding hydrogens is 250 g/mol. The van der Waals surface area contributed by atoms with Gasteiger partial charge in [-0.3, -0.25) is 4.79 Å². The Bertz CT molecular complexity index is 253. The second kappa shape index (κ2) is 9.25. The molecule has 2 N–H and O–H groups in total. The summed E-state index contributed by atoms with van der Waals surface area (Å²) in [6.07, 6.45) is 1.98. The van der Waals surface area contributed by atoms with Crippen molar-refractivity contribution in [1.82, 2.24) is 0 Å². The van der Waals surface area contributed by atoms with E-state index < -0.39 is 5.41 Å². The highest BCUT2D eigenvalue weighted by molar-refractivity contribution is 5.77. The van der Waals surface area contributed by atoms with E-state index in [1.807, 2.05) is 0 Å². The average Bonchev–Trinajstić information content (AvgIpc) is 2.46. The van der Waals surface area contributed by atoms with Gasteiger partial charge in [-0.2, -0.15) is 0 Å². The monoisotopic (exact) mass is 275 g/mol. The van der Waals surface area contributed by atoms with E-state index >= 15 is 0 Å². The average molecular weight is 275 g/mol. The van der Waals surface area contributed by atoms with Gasteiger partial charge in [0.2, 0.25) is 0 Å². The number of methoxy groups -OCH3 is 1. The van der Waals surface area contributed by atoms with E-state index in [1.165, 1.54) is 0 Å². The van der Waals surface area contributed by atoms with Gasteiger partial charge in [-0.05, 0) is 12.8 Å². The third-order valence-electron chi connectivity index (χ3n) is 3.37. The normalized spacial score (nSPS) is 18.2. The molecule has 0 aromatic heterocycles. The van der Waals surface area contributed by atoms with Crippen molar-refractivity contribution in [2.24, 2.45) is 11.1 Å². The Morgan fingerprint density at radius 2 is 1.95 bits per heavy atom. The van der Waals surface area contributed by atoms with Gasteiger partial charge in [0.1, 0.15) is 0 Å². The summed E-state index contributed by atoms with van der Waals surface area (Å²) in [7, 11) is 1.63. The molecule has 0 aliphatic carbocycles. The maximum Gasteiger partial charge on any atom is 0.313 e. The zero-order valence-corrected chi connectivity index (χ0v) is 11.7. The van der Waals surface area contributed by atoms with Gasteiger partial charge in [0, 0.05) is 39.9 Å². The fourth-order valence-electron chi connectivity index (χ4n) is 1.98. The van der Waals surface area contributed by atoms with Crippen LogP contribution in [-0.2, 0) is 23.7 Å². The zero-order valence-electron chi connectivity index (χ0n) is 11.7. The zero-order chi connectivity index (χ0) is 14.0. The van der Waals surface area contributed by atoms with Gasteiger partial charge in [-0.25, -0.2) is 0 Å². The Morgan fingerprint density at radius 3 is 2.58 bits per heavy atom. The van der Waals surface area contributed by atoms with E-state index in [1.54, 1.807) is 7.11 Å². The van der Waals surface area contributed by atoms with Crippen LogP contribution in [0.1, 0.15) is 19.3 Å².